The van der Waals surface area contributed by atoms with Crippen LogP contribution < -0.4 is 11.5 Å². The second-order valence-corrected chi connectivity index (χ2v) is 7.85. The van der Waals surface area contributed by atoms with Crippen LogP contribution in [0.5, 0.6) is 0 Å². The third-order valence-corrected chi connectivity index (χ3v) is 6.33. The highest BCUT2D eigenvalue weighted by Gasteiger charge is 2.18. The van der Waals surface area contributed by atoms with Gasteiger partial charge in [-0.1, -0.05) is 13.8 Å². The van der Waals surface area contributed by atoms with Crippen molar-refractivity contribution in [3.05, 3.63) is 55.0 Å². The molecule has 8 heteroatoms. The molecule has 0 amide bonds. The van der Waals surface area contributed by atoms with E-state index in [1.54, 1.807) is 20.8 Å². The van der Waals surface area contributed by atoms with Crippen molar-refractivity contribution in [3.8, 4) is 0 Å². The summed E-state index contributed by atoms with van der Waals surface area (Å²) in [5.41, 5.74) is 13.5. The lowest BCUT2D eigenvalue weighted by Crippen LogP contribution is -2.06. The summed E-state index contributed by atoms with van der Waals surface area (Å²) in [6, 6.07) is 2.43. The predicted octanol–water partition coefficient (Wildman–Crippen LogP) is 5.99. The number of carbonyl (C=O) groups excluding carboxylic acids is 1. The van der Waals surface area contributed by atoms with E-state index in [1.165, 1.54) is 12.1 Å². The van der Waals surface area contributed by atoms with Crippen molar-refractivity contribution in [1.82, 2.24) is 0 Å². The lowest BCUT2D eigenvalue weighted by molar-refractivity contribution is 0.0988. The minimum atomic E-state index is -0.649. The Labute approximate surface area is 180 Å². The summed E-state index contributed by atoms with van der Waals surface area (Å²) in [6.45, 7) is 6.83. The molecule has 2 aromatic carbocycles. The molecule has 1 unspecified atom stereocenters. The molecule has 5 N–H and O–H groups in total. The lowest BCUT2D eigenvalue weighted by atomic mass is 10.0. The van der Waals surface area contributed by atoms with Crippen LogP contribution in [0.25, 0.3) is 0 Å². The van der Waals surface area contributed by atoms with E-state index >= 15 is 0 Å². The summed E-state index contributed by atoms with van der Waals surface area (Å²) >= 11 is 6.43. The smallest absolute Gasteiger partial charge is 0.165 e. The molecule has 4 nitrogen and oxygen atoms in total. The highest BCUT2D eigenvalue weighted by Crippen LogP contribution is 2.34. The van der Waals surface area contributed by atoms with Crippen LogP contribution in [-0.2, 0) is 0 Å². The molecule has 154 valence electrons. The molecule has 0 radical (unpaired) electrons. The topological polar surface area (TPSA) is 89.3 Å². The average Bonchev–Trinajstić information content (AvgIpc) is 2.64. The van der Waals surface area contributed by atoms with Gasteiger partial charge in [-0.15, -0.1) is 0 Å². The number of Topliss-reactive ketones (excluding diaryl/α,β-unsaturated/α-hetero) is 1. The van der Waals surface area contributed by atoms with Crippen molar-refractivity contribution in [1.29, 1.82) is 0 Å². The minimum absolute atomic E-state index is 0.0857. The zero-order chi connectivity index (χ0) is 21.8. The second-order valence-electron chi connectivity index (χ2n) is 6.26. The third-order valence-electron chi connectivity index (χ3n) is 4.31. The Morgan fingerprint density at radius 2 is 1.50 bits per heavy atom. The number of nitrogens with two attached hydrogens (primary N) is 2. The second kappa shape index (κ2) is 10.3. The summed E-state index contributed by atoms with van der Waals surface area (Å²) in [4.78, 5) is 11.5. The van der Waals surface area contributed by atoms with Gasteiger partial charge in [-0.3, -0.25) is 4.79 Å². The number of hydrogen-bond acceptors (Lipinski definition) is 4. The number of carbonyl (C=O) groups is 1. The van der Waals surface area contributed by atoms with E-state index in [9.17, 15) is 18.7 Å². The fourth-order valence-electron chi connectivity index (χ4n) is 2.50. The van der Waals surface area contributed by atoms with Crippen molar-refractivity contribution < 1.29 is 18.7 Å². The van der Waals surface area contributed by atoms with Gasteiger partial charge in [-0.25, -0.2) is 8.78 Å². The molecule has 0 aromatic heterocycles. The predicted molar refractivity (Wildman–Crippen MR) is 116 cm³/mol. The zero-order valence-electron chi connectivity index (χ0n) is 16.2. The van der Waals surface area contributed by atoms with Gasteiger partial charge in [0.05, 0.1) is 11.7 Å². The first-order valence-corrected chi connectivity index (χ1v) is 10.3. The van der Waals surface area contributed by atoms with Gasteiger partial charge in [0.15, 0.2) is 5.78 Å². The van der Waals surface area contributed by atoms with Crippen molar-refractivity contribution >= 4 is 49.0 Å². The number of ketones is 1. The van der Waals surface area contributed by atoms with Gasteiger partial charge in [-0.05, 0) is 75.4 Å². The zero-order valence-corrected chi connectivity index (χ0v) is 19.3. The molecule has 0 bridgehead atoms. The van der Waals surface area contributed by atoms with Crippen LogP contribution in [0.15, 0.2) is 21.1 Å². The highest BCUT2D eigenvalue weighted by molar-refractivity contribution is 9.11. The number of rotatable bonds is 4. The van der Waals surface area contributed by atoms with E-state index in [1.807, 2.05) is 6.92 Å². The monoisotopic (exact) mass is 520 g/mol. The van der Waals surface area contributed by atoms with E-state index in [2.05, 4.69) is 31.9 Å². The van der Waals surface area contributed by atoms with Gasteiger partial charge in [0.1, 0.15) is 11.6 Å². The van der Waals surface area contributed by atoms with Gasteiger partial charge in [-0.2, -0.15) is 0 Å². The van der Waals surface area contributed by atoms with Gasteiger partial charge < -0.3 is 16.6 Å². The van der Waals surface area contributed by atoms with Gasteiger partial charge in [0.2, 0.25) is 0 Å². The maximum absolute atomic E-state index is 13.2. The van der Waals surface area contributed by atoms with E-state index in [4.69, 9.17) is 11.5 Å². The third kappa shape index (κ3) is 5.30. The SMILES string of the molecule is CCC(=O)c1c(N)cc(F)c(C)c1Br.CCC(O)c1c(N)cc(F)c(C)c1Br. The van der Waals surface area contributed by atoms with Crippen LogP contribution in [0.1, 0.15) is 59.8 Å². The number of hydrogen-bond donors (Lipinski definition) is 3. The maximum atomic E-state index is 13.2. The number of aliphatic hydroxyl groups excluding tert-OH is 1. The number of anilines is 2. The Hall–Kier alpha value is -1.51. The van der Waals surface area contributed by atoms with Crippen LogP contribution >= 0.6 is 31.9 Å². The fourth-order valence-corrected chi connectivity index (χ4v) is 3.82. The van der Waals surface area contributed by atoms with E-state index < -0.39 is 11.9 Å². The first-order chi connectivity index (χ1) is 13.0. The Kier molecular flexibility index (Phi) is 9.04. The summed E-state index contributed by atoms with van der Waals surface area (Å²) in [5, 5.41) is 9.67. The summed E-state index contributed by atoms with van der Waals surface area (Å²) in [6.07, 6.45) is 0.255. The van der Waals surface area contributed by atoms with E-state index in [-0.39, 0.29) is 23.0 Å². The molecular weight excluding hydrogens is 498 g/mol. The Balaban J connectivity index is 0.000000280. The Morgan fingerprint density at radius 3 is 1.96 bits per heavy atom. The molecule has 0 aliphatic heterocycles. The largest absolute Gasteiger partial charge is 0.398 e. The molecule has 2 aromatic rings. The normalized spacial score (nSPS) is 11.6. The van der Waals surface area contributed by atoms with Gasteiger partial charge in [0.25, 0.3) is 0 Å². The molecule has 1 atom stereocenters. The van der Waals surface area contributed by atoms with Crippen LogP contribution in [0.2, 0.25) is 0 Å². The molecule has 0 aliphatic carbocycles. The molecular formula is C20H24Br2F2N2O2. The molecule has 0 saturated carbocycles. The van der Waals surface area contributed by atoms with Gasteiger partial charge >= 0.3 is 0 Å². The standard InChI is InChI=1S/C10H13BrFNO.C10H11BrFNO/c2*1-3-8(14)9-7(13)4-6(12)5(2)10(9)11/h4,8,14H,3,13H2,1-2H3;4H,3,13H2,1-2H3. The van der Waals surface area contributed by atoms with Crippen LogP contribution in [0.3, 0.4) is 0 Å². The number of halogens is 4. The Morgan fingerprint density at radius 1 is 1.04 bits per heavy atom. The van der Waals surface area contributed by atoms with Crippen molar-refractivity contribution in [2.45, 2.75) is 46.6 Å². The average molecular weight is 522 g/mol. The van der Waals surface area contributed by atoms with E-state index in [0.29, 0.717) is 44.0 Å². The number of benzene rings is 2. The molecule has 0 spiro atoms. The Bertz CT molecular complexity index is 889. The number of aliphatic hydroxyl groups is 1. The lowest BCUT2D eigenvalue weighted by Gasteiger charge is -2.15. The van der Waals surface area contributed by atoms with Crippen LogP contribution in [0.4, 0.5) is 20.2 Å². The number of nitrogen functional groups attached to an aromatic ring is 2. The molecule has 0 aliphatic rings. The maximum Gasteiger partial charge on any atom is 0.165 e. The molecule has 0 heterocycles. The summed E-state index contributed by atoms with van der Waals surface area (Å²) in [5.74, 6) is -0.846. The molecule has 0 fully saturated rings. The fraction of sp³-hybridized carbons (Fsp3) is 0.350. The van der Waals surface area contributed by atoms with Gasteiger partial charge in [0, 0.05) is 32.3 Å². The minimum Gasteiger partial charge on any atom is -0.398 e. The van der Waals surface area contributed by atoms with Crippen molar-refractivity contribution in [2.75, 3.05) is 11.5 Å². The summed E-state index contributed by atoms with van der Waals surface area (Å²) < 4.78 is 27.4. The van der Waals surface area contributed by atoms with Crippen LogP contribution in [0, 0.1) is 25.5 Å². The van der Waals surface area contributed by atoms with Crippen LogP contribution in [-0.4, -0.2) is 10.9 Å². The van der Waals surface area contributed by atoms with Crippen molar-refractivity contribution in [2.24, 2.45) is 0 Å². The first kappa shape index (κ1) is 24.5. The highest BCUT2D eigenvalue weighted by atomic mass is 79.9. The summed E-state index contributed by atoms with van der Waals surface area (Å²) in [7, 11) is 0. The molecule has 2 rings (SSSR count). The molecule has 0 saturated heterocycles. The first-order valence-electron chi connectivity index (χ1n) is 8.66. The van der Waals surface area contributed by atoms with E-state index in [0.717, 1.165) is 0 Å². The quantitative estimate of drug-likeness (QED) is 0.340. The molecule has 28 heavy (non-hydrogen) atoms. The van der Waals surface area contributed by atoms with Crippen molar-refractivity contribution in [3.63, 3.8) is 0 Å².